The van der Waals surface area contributed by atoms with Crippen molar-refractivity contribution in [1.29, 1.82) is 0 Å². The van der Waals surface area contributed by atoms with E-state index in [1.165, 1.54) is 0 Å². The molecule has 0 aromatic heterocycles. The highest BCUT2D eigenvalue weighted by molar-refractivity contribution is 5.74. The normalized spacial score (nSPS) is 37.8. The summed E-state index contributed by atoms with van der Waals surface area (Å²) in [5, 5.41) is 0. The molecule has 2 aliphatic heterocycles. The van der Waals surface area contributed by atoms with Crippen molar-refractivity contribution in [3.05, 3.63) is 0 Å². The van der Waals surface area contributed by atoms with Crippen molar-refractivity contribution >= 4 is 5.97 Å². The summed E-state index contributed by atoms with van der Waals surface area (Å²) in [6, 6.07) is -1.55. The number of rotatable bonds is 1. The zero-order valence-corrected chi connectivity index (χ0v) is 7.06. The van der Waals surface area contributed by atoms with Gasteiger partial charge in [0.2, 0.25) is 0 Å². The first kappa shape index (κ1) is 8.89. The Morgan fingerprint density at radius 2 is 2.23 bits per heavy atom. The van der Waals surface area contributed by atoms with Crippen LogP contribution in [0.15, 0.2) is 0 Å². The minimum Gasteiger partial charge on any atom is -0.465 e. The average Bonchev–Trinajstić information content (AvgIpc) is 2.56. The summed E-state index contributed by atoms with van der Waals surface area (Å²) >= 11 is 0. The fourth-order valence-electron chi connectivity index (χ4n) is 1.56. The summed E-state index contributed by atoms with van der Waals surface area (Å²) in [5.74, 6) is -0.541. The highest BCUT2D eigenvalue weighted by Gasteiger charge is 2.44. The van der Waals surface area contributed by atoms with E-state index in [9.17, 15) is 4.79 Å². The second kappa shape index (κ2) is 2.91. The third-order valence-corrected chi connectivity index (χ3v) is 2.23. The summed E-state index contributed by atoms with van der Waals surface area (Å²) in [4.78, 5) is 11.1. The molecule has 0 aromatic carbocycles. The Kier molecular flexibility index (Phi) is 1.99. The largest absolute Gasteiger partial charge is 0.465 e. The molecule has 2 saturated heterocycles. The van der Waals surface area contributed by atoms with E-state index in [0.717, 1.165) is 0 Å². The number of carbonyl (C=O) groups is 1. The number of hydrogen-bond donors (Lipinski definition) is 2. The number of nitrogens with two attached hydrogens (primary N) is 2. The molecule has 6 heteroatoms. The number of cyclic esters (lactones) is 1. The molecule has 74 valence electrons. The van der Waals surface area contributed by atoms with E-state index in [1.807, 2.05) is 0 Å². The number of esters is 1. The summed E-state index contributed by atoms with van der Waals surface area (Å²) in [6.07, 6.45) is 0.271. The van der Waals surface area contributed by atoms with Gasteiger partial charge >= 0.3 is 5.97 Å². The third kappa shape index (κ3) is 1.66. The first-order valence-corrected chi connectivity index (χ1v) is 4.15. The van der Waals surface area contributed by atoms with E-state index in [0.29, 0.717) is 13.0 Å². The molecule has 2 heterocycles. The van der Waals surface area contributed by atoms with Crippen molar-refractivity contribution in [1.82, 2.24) is 0 Å². The maximum Gasteiger partial charge on any atom is 0.311 e. The van der Waals surface area contributed by atoms with Gasteiger partial charge in [0.1, 0.15) is 6.10 Å². The van der Waals surface area contributed by atoms with Crippen LogP contribution in [-0.2, 0) is 19.0 Å². The molecule has 6 nitrogen and oxygen atoms in total. The molecule has 0 bridgehead atoms. The van der Waals surface area contributed by atoms with Crippen molar-refractivity contribution in [3.8, 4) is 0 Å². The molecule has 0 spiro atoms. The summed E-state index contributed by atoms with van der Waals surface area (Å²) in [6.45, 7) is 0.679. The van der Waals surface area contributed by atoms with E-state index in [-0.39, 0.29) is 24.6 Å². The van der Waals surface area contributed by atoms with Gasteiger partial charge in [-0.2, -0.15) is 0 Å². The quantitative estimate of drug-likeness (QED) is 0.383. The Labute approximate surface area is 75.1 Å². The maximum atomic E-state index is 11.1. The number of carbonyl (C=O) groups excluding carboxylic acids is 1. The lowest BCUT2D eigenvalue weighted by Gasteiger charge is -2.17. The number of ether oxygens (including phenoxy) is 3. The topological polar surface area (TPSA) is 96.8 Å². The van der Waals surface area contributed by atoms with E-state index in [4.69, 9.17) is 25.7 Å². The second-order valence-corrected chi connectivity index (χ2v) is 3.25. The van der Waals surface area contributed by atoms with E-state index < -0.39 is 6.03 Å². The molecular formula is C7H12N2O4. The Bertz CT molecular complexity index is 231. The Morgan fingerprint density at radius 3 is 2.69 bits per heavy atom. The molecule has 2 fully saturated rings. The summed E-state index contributed by atoms with van der Waals surface area (Å²) in [5.41, 5.74) is 10.7. The van der Waals surface area contributed by atoms with Crippen molar-refractivity contribution < 1.29 is 19.0 Å². The van der Waals surface area contributed by atoms with Gasteiger partial charge in [-0.1, -0.05) is 0 Å². The van der Waals surface area contributed by atoms with Gasteiger partial charge in [-0.25, -0.2) is 0 Å². The van der Waals surface area contributed by atoms with Crippen LogP contribution < -0.4 is 11.5 Å². The predicted molar refractivity (Wildman–Crippen MR) is 41.0 cm³/mol. The highest BCUT2D eigenvalue weighted by atomic mass is 16.8. The molecule has 0 saturated carbocycles. The van der Waals surface area contributed by atoms with Gasteiger partial charge in [0.25, 0.3) is 6.03 Å². The molecule has 0 aromatic rings. The average molecular weight is 188 g/mol. The highest BCUT2D eigenvalue weighted by Crippen LogP contribution is 2.27. The van der Waals surface area contributed by atoms with Crippen LogP contribution in [0.3, 0.4) is 0 Å². The minimum atomic E-state index is -1.55. The summed E-state index contributed by atoms with van der Waals surface area (Å²) < 4.78 is 14.9. The Balaban J connectivity index is 1.99. The fourth-order valence-corrected chi connectivity index (χ4v) is 1.56. The smallest absolute Gasteiger partial charge is 0.311 e. The molecular weight excluding hydrogens is 176 g/mol. The first-order valence-electron chi connectivity index (χ1n) is 4.15. The van der Waals surface area contributed by atoms with Gasteiger partial charge in [-0.15, -0.1) is 0 Å². The van der Waals surface area contributed by atoms with Gasteiger partial charge in [-0.3, -0.25) is 16.3 Å². The van der Waals surface area contributed by atoms with Crippen molar-refractivity contribution in [2.75, 3.05) is 13.2 Å². The molecule has 0 radical (unpaired) electrons. The lowest BCUT2D eigenvalue weighted by molar-refractivity contribution is -0.168. The first-order chi connectivity index (χ1) is 6.08. The lowest BCUT2D eigenvalue weighted by atomic mass is 10.0. The molecule has 0 amide bonds. The zero-order chi connectivity index (χ0) is 9.47. The van der Waals surface area contributed by atoms with Crippen LogP contribution in [0, 0.1) is 5.92 Å². The lowest BCUT2D eigenvalue weighted by Crippen LogP contribution is -2.51. The Hall–Kier alpha value is -0.690. The molecule has 2 aliphatic rings. The third-order valence-electron chi connectivity index (χ3n) is 2.23. The van der Waals surface area contributed by atoms with E-state index >= 15 is 0 Å². The van der Waals surface area contributed by atoms with E-state index in [2.05, 4.69) is 0 Å². The van der Waals surface area contributed by atoms with Crippen LogP contribution in [0.5, 0.6) is 0 Å². The van der Waals surface area contributed by atoms with Crippen molar-refractivity contribution in [2.45, 2.75) is 18.6 Å². The monoisotopic (exact) mass is 188 g/mol. The van der Waals surface area contributed by atoms with Gasteiger partial charge in [0.05, 0.1) is 19.1 Å². The zero-order valence-electron chi connectivity index (χ0n) is 7.06. The van der Waals surface area contributed by atoms with Gasteiger partial charge < -0.3 is 14.2 Å². The van der Waals surface area contributed by atoms with Gasteiger partial charge in [0.15, 0.2) is 0 Å². The molecule has 2 atom stereocenters. The fraction of sp³-hybridized carbons (Fsp3) is 0.857. The van der Waals surface area contributed by atoms with Gasteiger partial charge in [0, 0.05) is 0 Å². The second-order valence-electron chi connectivity index (χ2n) is 3.25. The van der Waals surface area contributed by atoms with E-state index in [1.54, 1.807) is 0 Å². The van der Waals surface area contributed by atoms with Crippen LogP contribution in [-0.4, -0.2) is 31.3 Å². The van der Waals surface area contributed by atoms with Crippen molar-refractivity contribution in [3.63, 3.8) is 0 Å². The molecule has 0 aliphatic carbocycles. The van der Waals surface area contributed by atoms with Crippen molar-refractivity contribution in [2.24, 2.45) is 17.4 Å². The molecule has 13 heavy (non-hydrogen) atoms. The standard InChI is InChI=1S/C7H12N2O4/c8-7(9)12-3-5(13-7)4-1-2-11-6(4)10/h4-5H,1-3,8-9H2. The van der Waals surface area contributed by atoms with Crippen LogP contribution in [0.4, 0.5) is 0 Å². The van der Waals surface area contributed by atoms with Crippen LogP contribution in [0.1, 0.15) is 6.42 Å². The predicted octanol–water partition coefficient (Wildman–Crippen LogP) is -1.51. The minimum absolute atomic E-state index is 0.243. The van der Waals surface area contributed by atoms with Crippen LogP contribution >= 0.6 is 0 Å². The Morgan fingerprint density at radius 1 is 1.46 bits per heavy atom. The van der Waals surface area contributed by atoms with Crippen LogP contribution in [0.25, 0.3) is 0 Å². The maximum absolute atomic E-state index is 11.1. The molecule has 2 unspecified atom stereocenters. The molecule has 2 rings (SSSR count). The SMILES string of the molecule is NC1(N)OCC(C2CCOC2=O)O1. The van der Waals surface area contributed by atoms with Crippen LogP contribution in [0.2, 0.25) is 0 Å². The number of hydrogen-bond acceptors (Lipinski definition) is 6. The summed E-state index contributed by atoms with van der Waals surface area (Å²) in [7, 11) is 0. The molecule has 4 N–H and O–H groups in total. The van der Waals surface area contributed by atoms with Gasteiger partial charge in [-0.05, 0) is 6.42 Å².